The first-order chi connectivity index (χ1) is 11.7. The molecule has 0 radical (unpaired) electrons. The molecule has 1 fully saturated rings. The summed E-state index contributed by atoms with van der Waals surface area (Å²) in [4.78, 5) is 17.6. The monoisotopic (exact) mass is 343 g/mol. The van der Waals surface area contributed by atoms with Gasteiger partial charge in [-0.1, -0.05) is 35.9 Å². The van der Waals surface area contributed by atoms with Crippen LogP contribution in [0.5, 0.6) is 0 Å². The van der Waals surface area contributed by atoms with E-state index in [4.69, 9.17) is 16.3 Å². The summed E-state index contributed by atoms with van der Waals surface area (Å²) in [5, 5.41) is 3.55. The molecule has 1 unspecified atom stereocenters. The van der Waals surface area contributed by atoms with Crippen LogP contribution in [0.2, 0.25) is 5.02 Å². The molecule has 24 heavy (non-hydrogen) atoms. The van der Waals surface area contributed by atoms with E-state index in [0.29, 0.717) is 5.71 Å². The van der Waals surface area contributed by atoms with E-state index in [-0.39, 0.29) is 11.9 Å². The Labute approximate surface area is 145 Å². The molecule has 1 aromatic carbocycles. The second-order valence-corrected chi connectivity index (χ2v) is 6.48. The lowest BCUT2D eigenvalue weighted by molar-refractivity contribution is 0.0342. The highest BCUT2D eigenvalue weighted by molar-refractivity contribution is 6.32. The topological polar surface area (TPSA) is 53.9 Å². The van der Waals surface area contributed by atoms with Crippen molar-refractivity contribution in [3.63, 3.8) is 0 Å². The Balaban J connectivity index is 1.58. The Kier molecular flexibility index (Phi) is 4.22. The molecule has 0 aromatic heterocycles. The smallest absolute Gasteiger partial charge is 0.346 e. The number of nitrogens with one attached hydrogen (secondary N) is 1. The van der Waals surface area contributed by atoms with Gasteiger partial charge < -0.3 is 10.1 Å². The van der Waals surface area contributed by atoms with Crippen LogP contribution in [-0.2, 0) is 11.3 Å². The molecule has 3 aliphatic rings. The molecule has 1 aromatic rings. The van der Waals surface area contributed by atoms with Crippen LogP contribution in [0.15, 0.2) is 47.1 Å². The summed E-state index contributed by atoms with van der Waals surface area (Å²) in [6.07, 6.45) is 5.91. The van der Waals surface area contributed by atoms with Gasteiger partial charge in [0.05, 0.1) is 24.6 Å². The quantitative estimate of drug-likeness (QED) is 0.918. The molecule has 1 atom stereocenters. The summed E-state index contributed by atoms with van der Waals surface area (Å²) in [5.74, 6) is 0.0366. The molecular formula is C18H18ClN3O2. The number of carbonyl (C=O) groups excluding carboxylic acids is 1. The fourth-order valence-electron chi connectivity index (χ4n) is 3.23. The number of morpholine rings is 1. The molecule has 2 aliphatic heterocycles. The van der Waals surface area contributed by atoms with E-state index in [0.717, 1.165) is 54.7 Å². The van der Waals surface area contributed by atoms with Crippen molar-refractivity contribution in [2.75, 3.05) is 26.3 Å². The lowest BCUT2D eigenvalue weighted by Gasteiger charge is -2.27. The number of fused-ring (bicyclic) bond motifs is 1. The number of urea groups is 1. The van der Waals surface area contributed by atoms with Crippen molar-refractivity contribution in [2.24, 2.45) is 4.99 Å². The number of allylic oxidation sites excluding steroid dienone is 3. The fraction of sp³-hybridized carbons (Fsp3) is 0.333. The number of halogens is 1. The normalized spacial score (nSPS) is 23.5. The lowest BCUT2D eigenvalue weighted by Crippen LogP contribution is -2.35. The van der Waals surface area contributed by atoms with Gasteiger partial charge >= 0.3 is 6.03 Å². The summed E-state index contributed by atoms with van der Waals surface area (Å²) >= 11 is 6.69. The first kappa shape index (κ1) is 15.6. The Hall–Kier alpha value is -1.95. The van der Waals surface area contributed by atoms with E-state index in [1.807, 2.05) is 30.4 Å². The molecule has 0 spiro atoms. The van der Waals surface area contributed by atoms with Gasteiger partial charge in [-0.25, -0.2) is 4.79 Å². The van der Waals surface area contributed by atoms with E-state index in [1.165, 1.54) is 0 Å². The number of benzene rings is 1. The maximum Gasteiger partial charge on any atom is 0.346 e. The summed E-state index contributed by atoms with van der Waals surface area (Å²) in [6.45, 7) is 4.24. The van der Waals surface area contributed by atoms with Crippen LogP contribution in [0.3, 0.4) is 0 Å². The zero-order chi connectivity index (χ0) is 16.5. The zero-order valence-corrected chi connectivity index (χ0v) is 13.9. The van der Waals surface area contributed by atoms with Crippen molar-refractivity contribution in [3.05, 3.63) is 58.3 Å². The predicted molar refractivity (Wildman–Crippen MR) is 93.5 cm³/mol. The number of ether oxygens (including phenoxy) is 1. The van der Waals surface area contributed by atoms with Crippen molar-refractivity contribution in [1.82, 2.24) is 10.2 Å². The molecule has 5 nitrogen and oxygen atoms in total. The fourth-order valence-corrected chi connectivity index (χ4v) is 3.55. The molecule has 1 aliphatic carbocycles. The van der Waals surface area contributed by atoms with Crippen LogP contribution in [0.1, 0.15) is 17.0 Å². The van der Waals surface area contributed by atoms with Crippen LogP contribution in [0.4, 0.5) is 4.79 Å². The maximum absolute atomic E-state index is 11.4. The molecule has 1 N–H and O–H groups in total. The number of hydrogen-bond donors (Lipinski definition) is 1. The maximum atomic E-state index is 11.4. The van der Waals surface area contributed by atoms with Crippen LogP contribution in [0, 0.1) is 0 Å². The third kappa shape index (κ3) is 3.02. The summed E-state index contributed by atoms with van der Waals surface area (Å²) in [6, 6.07) is 5.84. The van der Waals surface area contributed by atoms with Gasteiger partial charge in [-0.2, -0.15) is 4.99 Å². The van der Waals surface area contributed by atoms with E-state index >= 15 is 0 Å². The first-order valence-electron chi connectivity index (χ1n) is 8.08. The standard InChI is InChI=1S/C18H18ClN3O2/c19-17-13(11-22-6-8-24-9-7-22)2-1-3-14(17)12-4-5-15-16(10-12)21-18(23)20-15/h1-5,10,12H,6-9,11H2,(H,21,23). The molecule has 2 heterocycles. The van der Waals surface area contributed by atoms with Crippen molar-refractivity contribution < 1.29 is 9.53 Å². The van der Waals surface area contributed by atoms with Gasteiger partial charge in [0.15, 0.2) is 0 Å². The number of amides is 2. The molecule has 124 valence electrons. The molecule has 1 saturated heterocycles. The van der Waals surface area contributed by atoms with Crippen LogP contribution in [0.25, 0.3) is 0 Å². The van der Waals surface area contributed by atoms with Crippen molar-refractivity contribution in [3.8, 4) is 0 Å². The number of carbonyl (C=O) groups is 1. The van der Waals surface area contributed by atoms with E-state index in [2.05, 4.69) is 21.3 Å². The number of rotatable bonds is 3. The molecule has 0 bridgehead atoms. The van der Waals surface area contributed by atoms with E-state index in [1.54, 1.807) is 0 Å². The van der Waals surface area contributed by atoms with E-state index < -0.39 is 0 Å². The first-order valence-corrected chi connectivity index (χ1v) is 8.46. The number of aliphatic imine (C=N–C) groups is 1. The molecular weight excluding hydrogens is 326 g/mol. The van der Waals surface area contributed by atoms with Gasteiger partial charge in [0.2, 0.25) is 0 Å². The average molecular weight is 344 g/mol. The largest absolute Gasteiger partial charge is 0.379 e. The van der Waals surface area contributed by atoms with Gasteiger partial charge in [0, 0.05) is 30.6 Å². The molecule has 6 heteroatoms. The van der Waals surface area contributed by atoms with Gasteiger partial charge in [-0.05, 0) is 23.3 Å². The van der Waals surface area contributed by atoms with Crippen LogP contribution >= 0.6 is 11.6 Å². The van der Waals surface area contributed by atoms with Crippen LogP contribution in [-0.4, -0.2) is 42.9 Å². The predicted octanol–water partition coefficient (Wildman–Crippen LogP) is 2.87. The van der Waals surface area contributed by atoms with Crippen molar-refractivity contribution in [2.45, 2.75) is 12.5 Å². The van der Waals surface area contributed by atoms with Crippen LogP contribution < -0.4 is 5.32 Å². The Morgan fingerprint density at radius 2 is 2.17 bits per heavy atom. The third-order valence-electron chi connectivity index (χ3n) is 4.51. The summed E-state index contributed by atoms with van der Waals surface area (Å²) in [7, 11) is 0. The van der Waals surface area contributed by atoms with E-state index in [9.17, 15) is 4.79 Å². The number of hydrogen-bond acceptors (Lipinski definition) is 3. The average Bonchev–Trinajstić information content (AvgIpc) is 2.97. The molecule has 0 saturated carbocycles. The highest BCUT2D eigenvalue weighted by Crippen LogP contribution is 2.33. The lowest BCUT2D eigenvalue weighted by atomic mass is 9.91. The van der Waals surface area contributed by atoms with Gasteiger partial charge in [0.1, 0.15) is 0 Å². The third-order valence-corrected chi connectivity index (χ3v) is 4.97. The van der Waals surface area contributed by atoms with Gasteiger partial charge in [-0.3, -0.25) is 4.90 Å². The minimum Gasteiger partial charge on any atom is -0.379 e. The van der Waals surface area contributed by atoms with Crippen molar-refractivity contribution in [1.29, 1.82) is 0 Å². The zero-order valence-electron chi connectivity index (χ0n) is 13.2. The molecule has 2 amide bonds. The SMILES string of the molecule is O=C1N=C2C=CC(c3cccc(CN4CCOCC4)c3Cl)C=C2N1. The second kappa shape index (κ2) is 6.51. The summed E-state index contributed by atoms with van der Waals surface area (Å²) in [5.41, 5.74) is 3.63. The Morgan fingerprint density at radius 3 is 3.00 bits per heavy atom. The summed E-state index contributed by atoms with van der Waals surface area (Å²) < 4.78 is 5.40. The highest BCUT2D eigenvalue weighted by Gasteiger charge is 2.24. The van der Waals surface area contributed by atoms with Crippen molar-refractivity contribution >= 4 is 23.3 Å². The highest BCUT2D eigenvalue weighted by atomic mass is 35.5. The Bertz CT molecular complexity index is 764. The minimum absolute atomic E-state index is 0.0366. The van der Waals surface area contributed by atoms with Gasteiger partial charge in [0.25, 0.3) is 0 Å². The molecule has 4 rings (SSSR count). The van der Waals surface area contributed by atoms with Gasteiger partial charge in [-0.15, -0.1) is 0 Å². The Morgan fingerprint density at radius 1 is 1.33 bits per heavy atom. The minimum atomic E-state index is -0.311. The number of nitrogens with zero attached hydrogens (tertiary/aromatic N) is 2. The second-order valence-electron chi connectivity index (χ2n) is 6.10.